The molecule has 18 heavy (non-hydrogen) atoms. The second kappa shape index (κ2) is 5.96. The highest BCUT2D eigenvalue weighted by Gasteiger charge is 2.10. The zero-order chi connectivity index (χ0) is 13.0. The summed E-state index contributed by atoms with van der Waals surface area (Å²) < 4.78 is 0. The third-order valence-electron chi connectivity index (χ3n) is 2.95. The summed E-state index contributed by atoms with van der Waals surface area (Å²) >= 11 is 1.80. The van der Waals surface area contributed by atoms with Crippen LogP contribution in [0, 0.1) is 0 Å². The van der Waals surface area contributed by atoms with Crippen molar-refractivity contribution in [1.29, 1.82) is 0 Å². The van der Waals surface area contributed by atoms with Crippen molar-refractivity contribution in [2.75, 3.05) is 12.0 Å². The molecular formula is C14H18N2OS. The molecule has 0 saturated carbocycles. The van der Waals surface area contributed by atoms with Gasteiger partial charge in [-0.05, 0) is 48.9 Å². The summed E-state index contributed by atoms with van der Waals surface area (Å²) in [6, 6.07) is 7.94. The second-order valence-corrected chi connectivity index (χ2v) is 5.42. The van der Waals surface area contributed by atoms with E-state index in [1.165, 1.54) is 0 Å². The van der Waals surface area contributed by atoms with E-state index in [-0.39, 0.29) is 11.9 Å². The van der Waals surface area contributed by atoms with Crippen molar-refractivity contribution in [3.8, 4) is 0 Å². The number of nitrogens with one attached hydrogen (secondary N) is 2. The summed E-state index contributed by atoms with van der Waals surface area (Å²) in [5.74, 6) is 1.07. The molecule has 0 spiro atoms. The summed E-state index contributed by atoms with van der Waals surface area (Å²) in [7, 11) is 0. The maximum absolute atomic E-state index is 12.1. The summed E-state index contributed by atoms with van der Waals surface area (Å²) in [4.78, 5) is 15.2. The summed E-state index contributed by atoms with van der Waals surface area (Å²) in [5.41, 5.74) is 1.71. The third kappa shape index (κ3) is 3.07. The van der Waals surface area contributed by atoms with Gasteiger partial charge in [-0.15, -0.1) is 0 Å². The highest BCUT2D eigenvalue weighted by molar-refractivity contribution is 7.98. The fourth-order valence-electron chi connectivity index (χ4n) is 1.86. The normalized spacial score (nSPS) is 12.6. The van der Waals surface area contributed by atoms with E-state index in [9.17, 15) is 4.79 Å². The van der Waals surface area contributed by atoms with Crippen LogP contribution in [0.5, 0.6) is 0 Å². The van der Waals surface area contributed by atoms with Crippen LogP contribution in [0.15, 0.2) is 30.5 Å². The number of fused-ring (bicyclic) bond motifs is 1. The minimum Gasteiger partial charge on any atom is -0.361 e. The minimum absolute atomic E-state index is 0.0000954. The van der Waals surface area contributed by atoms with Gasteiger partial charge in [-0.2, -0.15) is 11.8 Å². The molecular weight excluding hydrogens is 244 g/mol. The molecule has 0 aliphatic carbocycles. The van der Waals surface area contributed by atoms with Crippen molar-refractivity contribution in [3.05, 3.63) is 36.0 Å². The van der Waals surface area contributed by atoms with E-state index in [0.29, 0.717) is 5.56 Å². The molecule has 1 aromatic heterocycles. The third-order valence-corrected chi connectivity index (χ3v) is 3.59. The van der Waals surface area contributed by atoms with Crippen molar-refractivity contribution in [2.24, 2.45) is 0 Å². The van der Waals surface area contributed by atoms with Gasteiger partial charge in [0.15, 0.2) is 0 Å². The Hall–Kier alpha value is -1.42. The number of H-pyrrole nitrogens is 1. The summed E-state index contributed by atoms with van der Waals surface area (Å²) in [5, 5.41) is 4.15. The van der Waals surface area contributed by atoms with E-state index >= 15 is 0 Å². The Morgan fingerprint density at radius 1 is 1.44 bits per heavy atom. The van der Waals surface area contributed by atoms with Gasteiger partial charge in [-0.1, -0.05) is 6.07 Å². The van der Waals surface area contributed by atoms with Gasteiger partial charge >= 0.3 is 0 Å². The quantitative estimate of drug-likeness (QED) is 0.870. The van der Waals surface area contributed by atoms with E-state index in [2.05, 4.69) is 16.6 Å². The van der Waals surface area contributed by atoms with Crippen LogP contribution in [0.4, 0.5) is 0 Å². The topological polar surface area (TPSA) is 44.9 Å². The number of rotatable bonds is 5. The number of aromatic amines is 1. The highest BCUT2D eigenvalue weighted by Crippen LogP contribution is 2.14. The van der Waals surface area contributed by atoms with E-state index in [0.717, 1.165) is 23.1 Å². The molecule has 1 amide bonds. The lowest BCUT2D eigenvalue weighted by Crippen LogP contribution is -2.32. The number of hydrogen-bond donors (Lipinski definition) is 2. The van der Waals surface area contributed by atoms with Gasteiger partial charge < -0.3 is 10.3 Å². The summed E-state index contributed by atoms with van der Waals surface area (Å²) in [6.07, 6.45) is 4.96. The lowest BCUT2D eigenvalue weighted by atomic mass is 10.1. The van der Waals surface area contributed by atoms with Crippen molar-refractivity contribution in [3.63, 3.8) is 0 Å². The first-order chi connectivity index (χ1) is 8.70. The second-order valence-electron chi connectivity index (χ2n) is 4.44. The van der Waals surface area contributed by atoms with E-state index < -0.39 is 0 Å². The first-order valence-electron chi connectivity index (χ1n) is 6.07. The monoisotopic (exact) mass is 262 g/mol. The minimum atomic E-state index is 0.0000954. The fraction of sp³-hybridized carbons (Fsp3) is 0.357. The predicted octanol–water partition coefficient (Wildman–Crippen LogP) is 3.04. The van der Waals surface area contributed by atoms with Crippen LogP contribution in [0.1, 0.15) is 23.7 Å². The zero-order valence-corrected chi connectivity index (χ0v) is 11.5. The number of hydrogen-bond acceptors (Lipinski definition) is 2. The van der Waals surface area contributed by atoms with Crippen molar-refractivity contribution in [2.45, 2.75) is 19.4 Å². The van der Waals surface area contributed by atoms with Gasteiger partial charge in [0, 0.05) is 23.3 Å². The van der Waals surface area contributed by atoms with Crippen molar-refractivity contribution in [1.82, 2.24) is 10.3 Å². The highest BCUT2D eigenvalue weighted by atomic mass is 32.2. The molecule has 1 atom stereocenters. The van der Waals surface area contributed by atoms with E-state index in [1.54, 1.807) is 11.8 Å². The average Bonchev–Trinajstić information content (AvgIpc) is 2.83. The number of thioether (sulfide) groups is 1. The maximum atomic E-state index is 12.1. The number of carbonyl (C=O) groups excluding carboxylic acids is 1. The number of benzene rings is 1. The molecule has 0 fully saturated rings. The molecule has 0 aliphatic rings. The molecule has 2 N–H and O–H groups in total. The van der Waals surface area contributed by atoms with Crippen LogP contribution in [0.2, 0.25) is 0 Å². The Balaban J connectivity index is 2.03. The SMILES string of the molecule is CSCCC(C)NC(=O)c1ccc2cc[nH]c2c1. The van der Waals surface area contributed by atoms with Gasteiger partial charge in [0.05, 0.1) is 0 Å². The Labute approximate surface area is 111 Å². The Morgan fingerprint density at radius 3 is 3.06 bits per heavy atom. The molecule has 0 radical (unpaired) electrons. The van der Waals surface area contributed by atoms with Gasteiger partial charge in [-0.25, -0.2) is 0 Å². The lowest BCUT2D eigenvalue weighted by Gasteiger charge is -2.13. The molecule has 2 aromatic rings. The van der Waals surface area contributed by atoms with Crippen LogP contribution in [-0.4, -0.2) is 28.9 Å². The molecule has 96 valence electrons. The van der Waals surface area contributed by atoms with Crippen molar-refractivity contribution >= 4 is 28.6 Å². The predicted molar refractivity (Wildman–Crippen MR) is 78.2 cm³/mol. The molecule has 0 saturated heterocycles. The first kappa shape index (κ1) is 13.0. The molecule has 1 unspecified atom stereocenters. The smallest absolute Gasteiger partial charge is 0.251 e. The van der Waals surface area contributed by atoms with Gasteiger partial charge in [0.2, 0.25) is 0 Å². The van der Waals surface area contributed by atoms with E-state index in [1.807, 2.05) is 37.4 Å². The first-order valence-corrected chi connectivity index (χ1v) is 7.47. The van der Waals surface area contributed by atoms with Crippen molar-refractivity contribution < 1.29 is 4.79 Å². The molecule has 4 heteroatoms. The van der Waals surface area contributed by atoms with Crippen LogP contribution >= 0.6 is 11.8 Å². The largest absolute Gasteiger partial charge is 0.361 e. The standard InChI is InChI=1S/C14H18N2OS/c1-10(6-8-18-2)16-14(17)12-4-3-11-5-7-15-13(11)9-12/h3-5,7,9-10,15H,6,8H2,1-2H3,(H,16,17). The zero-order valence-electron chi connectivity index (χ0n) is 10.7. The lowest BCUT2D eigenvalue weighted by molar-refractivity contribution is 0.0939. The van der Waals surface area contributed by atoms with Gasteiger partial charge in [0.1, 0.15) is 0 Å². The van der Waals surface area contributed by atoms with Gasteiger partial charge in [-0.3, -0.25) is 4.79 Å². The molecule has 0 bridgehead atoms. The van der Waals surface area contributed by atoms with Crippen LogP contribution in [0.3, 0.4) is 0 Å². The Morgan fingerprint density at radius 2 is 2.28 bits per heavy atom. The summed E-state index contributed by atoms with van der Waals surface area (Å²) in [6.45, 7) is 2.04. The maximum Gasteiger partial charge on any atom is 0.251 e. The fourth-order valence-corrected chi connectivity index (χ4v) is 2.45. The van der Waals surface area contributed by atoms with Crippen LogP contribution in [-0.2, 0) is 0 Å². The molecule has 1 heterocycles. The number of aromatic nitrogens is 1. The Bertz CT molecular complexity index is 535. The molecule has 1 aromatic carbocycles. The molecule has 2 rings (SSSR count). The average molecular weight is 262 g/mol. The van der Waals surface area contributed by atoms with Gasteiger partial charge in [0.25, 0.3) is 5.91 Å². The number of carbonyl (C=O) groups is 1. The van der Waals surface area contributed by atoms with Crippen LogP contribution < -0.4 is 5.32 Å². The van der Waals surface area contributed by atoms with E-state index in [4.69, 9.17) is 0 Å². The molecule has 3 nitrogen and oxygen atoms in total. The van der Waals surface area contributed by atoms with Crippen LogP contribution in [0.25, 0.3) is 10.9 Å². The Kier molecular flexibility index (Phi) is 4.31. The number of amides is 1. The molecule has 0 aliphatic heterocycles.